The number of aliphatic hydroxyl groups is 1. The van der Waals surface area contributed by atoms with Gasteiger partial charge in [-0.2, -0.15) is 16.8 Å². The Kier molecular flexibility index (Phi) is 20.2. The molecule has 12 nitrogen and oxygen atoms in total. The molecule has 2 aromatic carbocycles. The molecule has 0 saturated heterocycles. The van der Waals surface area contributed by atoms with Crippen LogP contribution in [0.4, 0.5) is 0 Å². The maximum atomic E-state index is 12.2. The van der Waals surface area contributed by atoms with Crippen LogP contribution in [-0.2, 0) is 42.5 Å². The Labute approximate surface area is 300 Å². The fourth-order valence-corrected chi connectivity index (χ4v) is 12.6. The molecule has 0 spiro atoms. The second kappa shape index (κ2) is 22.3. The van der Waals surface area contributed by atoms with Gasteiger partial charge < -0.3 is 19.0 Å². The molecule has 0 saturated carbocycles. The van der Waals surface area contributed by atoms with Gasteiger partial charge in [-0.3, -0.25) is 8.37 Å². The van der Waals surface area contributed by atoms with Crippen LogP contribution in [0, 0.1) is 0 Å². The van der Waals surface area contributed by atoms with Crippen molar-refractivity contribution in [2.45, 2.75) is 96.1 Å². The molecule has 0 fully saturated rings. The van der Waals surface area contributed by atoms with Crippen molar-refractivity contribution < 1.29 is 53.8 Å². The van der Waals surface area contributed by atoms with Crippen LogP contribution < -0.4 is 0 Å². The van der Waals surface area contributed by atoms with Crippen LogP contribution in [0.15, 0.2) is 60.7 Å². The molecule has 0 aliphatic carbocycles. The monoisotopic (exact) mass is 760 g/mol. The number of hydrogen-bond acceptors (Lipinski definition) is 12. The normalized spacial score (nSPS) is 13.4. The lowest BCUT2D eigenvalue weighted by Gasteiger charge is -2.42. The summed E-state index contributed by atoms with van der Waals surface area (Å²) >= 11 is 0. The van der Waals surface area contributed by atoms with Crippen LogP contribution in [0.2, 0.25) is 16.6 Å². The predicted molar refractivity (Wildman–Crippen MR) is 195 cm³/mol. The molecule has 2 aromatic rings. The van der Waals surface area contributed by atoms with Crippen molar-refractivity contribution >= 4 is 40.5 Å². The number of hydrogen-bond donors (Lipinski definition) is 1. The summed E-state index contributed by atoms with van der Waals surface area (Å²) in [5.41, 5.74) is 2.24. The van der Waals surface area contributed by atoms with Crippen LogP contribution in [0.1, 0.15) is 87.9 Å². The molecule has 2 rings (SSSR count). The van der Waals surface area contributed by atoms with Gasteiger partial charge in [0.05, 0.1) is 23.6 Å². The number of rotatable bonds is 21. The lowest BCUT2D eigenvalue weighted by atomic mass is 10.2. The van der Waals surface area contributed by atoms with Crippen molar-refractivity contribution in [2.75, 3.05) is 38.9 Å². The molecule has 2 atom stereocenters. The second-order valence-corrected chi connectivity index (χ2v) is 21.6. The first-order valence-electron chi connectivity index (χ1n) is 16.8. The molecule has 284 valence electrons. The maximum Gasteiger partial charge on any atom is 0.338 e. The molecule has 0 amide bonds. The van der Waals surface area contributed by atoms with Gasteiger partial charge in [-0.15, -0.1) is 0 Å². The first kappa shape index (κ1) is 45.4. The van der Waals surface area contributed by atoms with Crippen molar-refractivity contribution in [1.29, 1.82) is 0 Å². The van der Waals surface area contributed by atoms with Gasteiger partial charge in [0.1, 0.15) is 25.4 Å². The average molecular weight is 761 g/mol. The standard InChI is InChI=1S/C22H38O6SSi.C13H18O6S/c1-17(2)30(18(3)4,19(5)6)27-15-11-14-21(28-29(7,24)25)16-26-22(23)20-12-9-8-10-13-20;1-20(16,17)19-12(8-5-9-14)10-18-13(15)11-6-3-2-4-7-11/h8-10,12-13,17-19,21H,11,14-16H2,1-7H3;2-4,6-7,12,14H,5,8-10H2,1H3/t21-;12-/m00/s1. The molecule has 0 heterocycles. The highest BCUT2D eigenvalue weighted by atomic mass is 32.2. The highest BCUT2D eigenvalue weighted by Gasteiger charge is 2.44. The minimum absolute atomic E-state index is 0.0871. The Bertz CT molecular complexity index is 1460. The van der Waals surface area contributed by atoms with E-state index < -0.39 is 52.7 Å². The summed E-state index contributed by atoms with van der Waals surface area (Å²) in [7, 11) is -9.28. The maximum absolute atomic E-state index is 12.2. The lowest BCUT2D eigenvalue weighted by Crippen LogP contribution is -2.48. The number of carbonyl (C=O) groups excluding carboxylic acids is 2. The summed E-state index contributed by atoms with van der Waals surface area (Å²) in [5.74, 6) is -1.04. The van der Waals surface area contributed by atoms with Gasteiger partial charge in [0.15, 0.2) is 8.32 Å². The molecule has 0 radical (unpaired) electrons. The molecule has 0 aromatic heterocycles. The molecule has 15 heteroatoms. The summed E-state index contributed by atoms with van der Waals surface area (Å²) in [4.78, 5) is 23.9. The summed E-state index contributed by atoms with van der Waals surface area (Å²) in [6.07, 6.45) is 2.11. The van der Waals surface area contributed by atoms with Gasteiger partial charge in [-0.25, -0.2) is 9.59 Å². The van der Waals surface area contributed by atoms with Gasteiger partial charge in [-0.05, 0) is 66.6 Å². The number of carbonyl (C=O) groups is 2. The Hall–Kier alpha value is -2.66. The van der Waals surface area contributed by atoms with Crippen LogP contribution in [0.3, 0.4) is 0 Å². The largest absolute Gasteiger partial charge is 0.459 e. The van der Waals surface area contributed by atoms with Crippen molar-refractivity contribution in [3.63, 3.8) is 0 Å². The molecule has 0 unspecified atom stereocenters. The Morgan fingerprint density at radius 2 is 1.00 bits per heavy atom. The highest BCUT2D eigenvalue weighted by Crippen LogP contribution is 2.42. The highest BCUT2D eigenvalue weighted by molar-refractivity contribution is 7.86. The first-order valence-corrected chi connectivity index (χ1v) is 22.5. The fraction of sp³-hybridized carbons (Fsp3) is 0.600. The third-order valence-electron chi connectivity index (χ3n) is 7.86. The number of aliphatic hydroxyl groups excluding tert-OH is 1. The average Bonchev–Trinajstić information content (AvgIpc) is 3.03. The van der Waals surface area contributed by atoms with E-state index in [4.69, 9.17) is 27.4 Å². The van der Waals surface area contributed by atoms with Gasteiger partial charge >= 0.3 is 11.9 Å². The van der Waals surface area contributed by atoms with Crippen LogP contribution in [0.25, 0.3) is 0 Å². The zero-order chi connectivity index (χ0) is 38.0. The molecule has 1 N–H and O–H groups in total. The summed E-state index contributed by atoms with van der Waals surface area (Å²) in [6, 6.07) is 17.0. The van der Waals surface area contributed by atoms with E-state index in [1.807, 2.05) is 0 Å². The minimum atomic E-state index is -3.67. The quantitative estimate of drug-likeness (QED) is 0.0671. The fourth-order valence-electron chi connectivity index (χ4n) is 5.84. The third kappa shape index (κ3) is 17.5. The topological polar surface area (TPSA) is 169 Å². The molecule has 0 aliphatic heterocycles. The predicted octanol–water partition coefficient (Wildman–Crippen LogP) is 6.12. The number of esters is 2. The Balaban J connectivity index is 0.000000542. The van der Waals surface area contributed by atoms with E-state index in [9.17, 15) is 26.4 Å². The molecule has 0 aliphatic rings. The van der Waals surface area contributed by atoms with Crippen molar-refractivity contribution in [3.05, 3.63) is 71.8 Å². The van der Waals surface area contributed by atoms with E-state index in [0.29, 0.717) is 53.6 Å². The SMILES string of the molecule is CC(C)[Si](OCCC[C@@H](COC(=O)c1ccccc1)OS(C)(=O)=O)(C(C)C)C(C)C.CS(=O)(=O)O[C@@H](CCCO)COC(=O)c1ccccc1. The van der Waals surface area contributed by atoms with E-state index in [2.05, 4.69) is 41.5 Å². The van der Waals surface area contributed by atoms with E-state index in [0.717, 1.165) is 12.5 Å². The molecule has 0 bridgehead atoms. The van der Waals surface area contributed by atoms with Crippen molar-refractivity contribution in [1.82, 2.24) is 0 Å². The van der Waals surface area contributed by atoms with Crippen LogP contribution in [-0.4, -0.2) is 93.3 Å². The number of benzene rings is 2. The van der Waals surface area contributed by atoms with Crippen molar-refractivity contribution in [2.24, 2.45) is 0 Å². The van der Waals surface area contributed by atoms with Crippen molar-refractivity contribution in [3.8, 4) is 0 Å². The molecular weight excluding hydrogens is 705 g/mol. The second-order valence-electron chi connectivity index (χ2n) is 12.9. The minimum Gasteiger partial charge on any atom is -0.459 e. The van der Waals surface area contributed by atoms with E-state index in [1.165, 1.54) is 0 Å². The Morgan fingerprint density at radius 1 is 0.640 bits per heavy atom. The summed E-state index contributed by atoms with van der Waals surface area (Å²) in [5, 5.41) is 8.76. The van der Waals surface area contributed by atoms with E-state index in [-0.39, 0.29) is 26.2 Å². The summed E-state index contributed by atoms with van der Waals surface area (Å²) < 4.78 is 72.2. The molecule has 50 heavy (non-hydrogen) atoms. The molecular formula is C35H56O12S2Si. The zero-order valence-electron chi connectivity index (χ0n) is 30.6. The lowest BCUT2D eigenvalue weighted by molar-refractivity contribution is 0.0294. The van der Waals surface area contributed by atoms with E-state index in [1.54, 1.807) is 60.7 Å². The zero-order valence-corrected chi connectivity index (χ0v) is 33.2. The van der Waals surface area contributed by atoms with Crippen LogP contribution >= 0.6 is 0 Å². The van der Waals surface area contributed by atoms with Gasteiger partial charge in [0.2, 0.25) is 0 Å². The van der Waals surface area contributed by atoms with E-state index >= 15 is 0 Å². The van der Waals surface area contributed by atoms with Crippen LogP contribution in [0.5, 0.6) is 0 Å². The van der Waals surface area contributed by atoms with Gasteiger partial charge in [0.25, 0.3) is 20.2 Å². The van der Waals surface area contributed by atoms with Gasteiger partial charge in [-0.1, -0.05) is 77.9 Å². The summed E-state index contributed by atoms with van der Waals surface area (Å²) in [6.45, 7) is 13.5. The third-order valence-corrected chi connectivity index (χ3v) is 15.2. The Morgan fingerprint density at radius 3 is 1.32 bits per heavy atom. The number of ether oxygens (including phenoxy) is 2. The first-order chi connectivity index (χ1) is 23.3. The van der Waals surface area contributed by atoms with Gasteiger partial charge in [0, 0.05) is 13.2 Å². The smallest absolute Gasteiger partial charge is 0.338 e.